The standard InChI is InChI=1S/C26H32N4O4/c1-26(2,3)30(25(33)34)22-12-14-28(15-13-22)23(31)18-8-10-21(11-9-18)27-24(32)29-16-19-6-4-5-7-20(19)17-29/h4-11,22H,12-17H2,1-3H3,(H,27,32)(H,33,34). The van der Waals surface area contributed by atoms with Gasteiger partial charge in [0.1, 0.15) is 0 Å². The Hall–Kier alpha value is -3.55. The molecule has 0 spiro atoms. The second kappa shape index (κ2) is 9.37. The van der Waals surface area contributed by atoms with Gasteiger partial charge in [0.25, 0.3) is 5.91 Å². The summed E-state index contributed by atoms with van der Waals surface area (Å²) in [5.74, 6) is -0.0797. The van der Waals surface area contributed by atoms with Gasteiger partial charge < -0.3 is 25.1 Å². The summed E-state index contributed by atoms with van der Waals surface area (Å²) in [6, 6.07) is 14.7. The van der Waals surface area contributed by atoms with Crippen LogP contribution in [0.3, 0.4) is 0 Å². The lowest BCUT2D eigenvalue weighted by Gasteiger charge is -2.43. The van der Waals surface area contributed by atoms with Gasteiger partial charge >= 0.3 is 12.1 Å². The number of piperidine rings is 1. The largest absolute Gasteiger partial charge is 0.465 e. The van der Waals surface area contributed by atoms with Gasteiger partial charge in [-0.3, -0.25) is 4.79 Å². The summed E-state index contributed by atoms with van der Waals surface area (Å²) in [4.78, 5) is 42.4. The average Bonchev–Trinajstić information content (AvgIpc) is 3.23. The van der Waals surface area contributed by atoms with Gasteiger partial charge in [0, 0.05) is 49.0 Å². The fourth-order valence-electron chi connectivity index (χ4n) is 4.88. The molecule has 0 radical (unpaired) electrons. The van der Waals surface area contributed by atoms with Crippen LogP contribution in [-0.4, -0.2) is 62.5 Å². The van der Waals surface area contributed by atoms with Crippen LogP contribution in [0.2, 0.25) is 0 Å². The van der Waals surface area contributed by atoms with Crippen LogP contribution < -0.4 is 5.32 Å². The normalized spacial score (nSPS) is 16.2. The van der Waals surface area contributed by atoms with Gasteiger partial charge in [0.05, 0.1) is 0 Å². The molecule has 2 aromatic carbocycles. The number of rotatable bonds is 3. The first-order valence-electron chi connectivity index (χ1n) is 11.7. The predicted octanol–water partition coefficient (Wildman–Crippen LogP) is 4.62. The van der Waals surface area contributed by atoms with Crippen molar-refractivity contribution >= 4 is 23.7 Å². The molecule has 2 aliphatic rings. The van der Waals surface area contributed by atoms with Crippen molar-refractivity contribution in [2.75, 3.05) is 18.4 Å². The third-order valence-electron chi connectivity index (χ3n) is 6.56. The second-order valence-electron chi connectivity index (χ2n) is 9.98. The molecule has 4 amide bonds. The van der Waals surface area contributed by atoms with Crippen LogP contribution in [0.5, 0.6) is 0 Å². The molecule has 1 saturated heterocycles. The van der Waals surface area contributed by atoms with E-state index in [4.69, 9.17) is 0 Å². The molecule has 34 heavy (non-hydrogen) atoms. The van der Waals surface area contributed by atoms with Crippen molar-refractivity contribution in [3.05, 3.63) is 65.2 Å². The van der Waals surface area contributed by atoms with Crippen molar-refractivity contribution < 1.29 is 19.5 Å². The maximum absolute atomic E-state index is 13.0. The van der Waals surface area contributed by atoms with E-state index in [1.807, 2.05) is 45.0 Å². The lowest BCUT2D eigenvalue weighted by molar-refractivity contribution is 0.0384. The summed E-state index contributed by atoms with van der Waals surface area (Å²) in [5, 5.41) is 12.5. The number of nitrogens with zero attached hydrogens (tertiary/aromatic N) is 3. The zero-order chi connectivity index (χ0) is 24.5. The predicted molar refractivity (Wildman–Crippen MR) is 130 cm³/mol. The third-order valence-corrected chi connectivity index (χ3v) is 6.56. The quantitative estimate of drug-likeness (QED) is 0.693. The van der Waals surface area contributed by atoms with Crippen molar-refractivity contribution in [1.82, 2.24) is 14.7 Å². The van der Waals surface area contributed by atoms with Gasteiger partial charge in [-0.2, -0.15) is 0 Å². The van der Waals surface area contributed by atoms with Crippen LogP contribution in [-0.2, 0) is 13.1 Å². The van der Waals surface area contributed by atoms with Crippen LogP contribution in [0.1, 0.15) is 55.1 Å². The Labute approximate surface area is 200 Å². The van der Waals surface area contributed by atoms with Crippen LogP contribution >= 0.6 is 0 Å². The zero-order valence-corrected chi connectivity index (χ0v) is 20.0. The molecular formula is C26H32N4O4. The highest BCUT2D eigenvalue weighted by molar-refractivity contribution is 5.95. The van der Waals surface area contributed by atoms with Crippen molar-refractivity contribution in [2.45, 2.75) is 58.3 Å². The molecule has 0 unspecified atom stereocenters. The molecule has 2 heterocycles. The first-order valence-corrected chi connectivity index (χ1v) is 11.7. The van der Waals surface area contributed by atoms with Crippen LogP contribution in [0.15, 0.2) is 48.5 Å². The van der Waals surface area contributed by atoms with Crippen LogP contribution in [0.25, 0.3) is 0 Å². The number of amides is 4. The Balaban J connectivity index is 1.31. The maximum atomic E-state index is 13.0. The molecule has 8 heteroatoms. The average molecular weight is 465 g/mol. The van der Waals surface area contributed by atoms with E-state index in [-0.39, 0.29) is 18.0 Å². The van der Waals surface area contributed by atoms with E-state index in [2.05, 4.69) is 5.32 Å². The molecule has 180 valence electrons. The number of hydrogen-bond acceptors (Lipinski definition) is 3. The molecule has 0 atom stereocenters. The molecule has 0 saturated carbocycles. The SMILES string of the molecule is CC(C)(C)N(C(=O)O)C1CCN(C(=O)c2ccc(NC(=O)N3Cc4ccccc4C3)cc2)CC1. The van der Waals surface area contributed by atoms with Gasteiger partial charge in [-0.25, -0.2) is 9.59 Å². The molecule has 2 aliphatic heterocycles. The Bertz CT molecular complexity index is 1040. The Morgan fingerprint density at radius 3 is 1.97 bits per heavy atom. The minimum Gasteiger partial charge on any atom is -0.465 e. The number of nitrogens with one attached hydrogen (secondary N) is 1. The van der Waals surface area contributed by atoms with Crippen molar-refractivity contribution in [2.24, 2.45) is 0 Å². The topological polar surface area (TPSA) is 93.2 Å². The highest BCUT2D eigenvalue weighted by atomic mass is 16.4. The number of carbonyl (C=O) groups is 3. The van der Waals surface area contributed by atoms with E-state index in [0.717, 1.165) is 11.1 Å². The highest BCUT2D eigenvalue weighted by Gasteiger charge is 2.36. The van der Waals surface area contributed by atoms with Gasteiger partial charge in [-0.15, -0.1) is 0 Å². The Kier molecular flexibility index (Phi) is 6.50. The van der Waals surface area contributed by atoms with Gasteiger partial charge in [-0.1, -0.05) is 24.3 Å². The fraction of sp³-hybridized carbons (Fsp3) is 0.423. The number of carboxylic acid groups (broad SMARTS) is 1. The molecule has 8 nitrogen and oxygen atoms in total. The van der Waals surface area contributed by atoms with E-state index in [1.165, 1.54) is 4.90 Å². The lowest BCUT2D eigenvalue weighted by atomic mass is 9.96. The summed E-state index contributed by atoms with van der Waals surface area (Å²) in [6.07, 6.45) is 0.302. The van der Waals surface area contributed by atoms with E-state index < -0.39 is 11.6 Å². The monoisotopic (exact) mass is 464 g/mol. The minimum absolute atomic E-state index is 0.0797. The number of fused-ring (bicyclic) bond motifs is 1. The number of carbonyl (C=O) groups excluding carboxylic acids is 2. The molecule has 0 aliphatic carbocycles. The molecule has 4 rings (SSSR count). The maximum Gasteiger partial charge on any atom is 0.407 e. The molecule has 2 aromatic rings. The van der Waals surface area contributed by atoms with Gasteiger partial charge in [0.15, 0.2) is 0 Å². The van der Waals surface area contributed by atoms with Crippen LogP contribution in [0, 0.1) is 0 Å². The Morgan fingerprint density at radius 2 is 1.47 bits per heavy atom. The first-order chi connectivity index (χ1) is 16.1. The first kappa shape index (κ1) is 23.6. The third kappa shape index (κ3) is 5.00. The van der Waals surface area contributed by atoms with E-state index >= 15 is 0 Å². The molecule has 1 fully saturated rings. The van der Waals surface area contributed by atoms with Crippen molar-refractivity contribution in [3.8, 4) is 0 Å². The second-order valence-corrected chi connectivity index (χ2v) is 9.98. The smallest absolute Gasteiger partial charge is 0.407 e. The lowest BCUT2D eigenvalue weighted by Crippen LogP contribution is -2.55. The summed E-state index contributed by atoms with van der Waals surface area (Å²) in [7, 11) is 0. The van der Waals surface area contributed by atoms with Gasteiger partial charge in [0.2, 0.25) is 0 Å². The molecule has 2 N–H and O–H groups in total. The van der Waals surface area contributed by atoms with Crippen molar-refractivity contribution in [1.29, 1.82) is 0 Å². The van der Waals surface area contributed by atoms with E-state index in [0.29, 0.717) is 50.3 Å². The number of hydrogen-bond donors (Lipinski definition) is 2. The highest BCUT2D eigenvalue weighted by Crippen LogP contribution is 2.26. The number of benzene rings is 2. The molecule has 0 aromatic heterocycles. The fourth-order valence-corrected chi connectivity index (χ4v) is 4.88. The number of urea groups is 1. The summed E-state index contributed by atoms with van der Waals surface area (Å²) in [5.41, 5.74) is 3.03. The van der Waals surface area contributed by atoms with Gasteiger partial charge in [-0.05, 0) is 69.0 Å². The minimum atomic E-state index is -0.923. The van der Waals surface area contributed by atoms with Crippen LogP contribution in [0.4, 0.5) is 15.3 Å². The molecular weight excluding hydrogens is 432 g/mol. The van der Waals surface area contributed by atoms with E-state index in [9.17, 15) is 19.5 Å². The summed E-state index contributed by atoms with van der Waals surface area (Å²) >= 11 is 0. The summed E-state index contributed by atoms with van der Waals surface area (Å²) < 4.78 is 0. The summed E-state index contributed by atoms with van der Waals surface area (Å²) in [6.45, 7) is 7.87. The zero-order valence-electron chi connectivity index (χ0n) is 20.0. The molecule has 0 bridgehead atoms. The number of likely N-dealkylation sites (tertiary alicyclic amines) is 1. The van der Waals surface area contributed by atoms with E-state index in [1.54, 1.807) is 34.1 Å². The Morgan fingerprint density at radius 1 is 0.912 bits per heavy atom. The van der Waals surface area contributed by atoms with Crippen molar-refractivity contribution in [3.63, 3.8) is 0 Å². The number of anilines is 1.